The second kappa shape index (κ2) is 4.50. The van der Waals surface area contributed by atoms with E-state index in [9.17, 15) is 8.78 Å². The van der Waals surface area contributed by atoms with Gasteiger partial charge in [0.15, 0.2) is 11.6 Å². The lowest BCUT2D eigenvalue weighted by Gasteiger charge is -2.51. The van der Waals surface area contributed by atoms with Crippen LogP contribution in [-0.2, 0) is 0 Å². The highest BCUT2D eigenvalue weighted by molar-refractivity contribution is 5.29. The van der Waals surface area contributed by atoms with Gasteiger partial charge in [-0.05, 0) is 50.5 Å². The molecule has 0 unspecified atom stereocenters. The third kappa shape index (κ3) is 1.67. The van der Waals surface area contributed by atoms with Gasteiger partial charge >= 0.3 is 0 Å². The van der Waals surface area contributed by atoms with E-state index in [1.165, 1.54) is 18.9 Å². The van der Waals surface area contributed by atoms with Crippen molar-refractivity contribution in [1.82, 2.24) is 9.80 Å². The van der Waals surface area contributed by atoms with E-state index in [2.05, 4.69) is 16.8 Å². The first-order valence-electron chi connectivity index (χ1n) is 7.55. The summed E-state index contributed by atoms with van der Waals surface area (Å²) < 4.78 is 27.7. The van der Waals surface area contributed by atoms with E-state index < -0.39 is 11.6 Å². The fourth-order valence-electron chi connectivity index (χ4n) is 4.80. The molecule has 4 fully saturated rings. The topological polar surface area (TPSA) is 6.48 Å². The molecule has 5 rings (SSSR count). The van der Waals surface area contributed by atoms with Gasteiger partial charge < -0.3 is 4.90 Å². The van der Waals surface area contributed by atoms with Crippen molar-refractivity contribution < 1.29 is 8.78 Å². The first-order valence-corrected chi connectivity index (χ1v) is 7.55. The van der Waals surface area contributed by atoms with Crippen LogP contribution in [-0.4, -0.2) is 48.6 Å². The quantitative estimate of drug-likeness (QED) is 0.778. The number of halogens is 2. The van der Waals surface area contributed by atoms with Gasteiger partial charge in [-0.3, -0.25) is 4.90 Å². The summed E-state index contributed by atoms with van der Waals surface area (Å²) in [6.45, 7) is 3.07. The van der Waals surface area contributed by atoms with Crippen LogP contribution in [0.3, 0.4) is 0 Å². The van der Waals surface area contributed by atoms with E-state index in [0.29, 0.717) is 17.6 Å². The Morgan fingerprint density at radius 3 is 2.60 bits per heavy atom. The molecule has 2 nitrogen and oxygen atoms in total. The van der Waals surface area contributed by atoms with Crippen molar-refractivity contribution in [2.45, 2.75) is 30.8 Å². The lowest BCUT2D eigenvalue weighted by molar-refractivity contribution is -0.0000354. The van der Waals surface area contributed by atoms with E-state index in [1.807, 2.05) is 0 Å². The molecule has 1 aromatic rings. The molecular formula is C16H20F2N2. The van der Waals surface area contributed by atoms with Crippen molar-refractivity contribution in [1.29, 1.82) is 0 Å². The molecule has 0 spiro atoms. The molecule has 1 aromatic carbocycles. The molecule has 0 saturated carbocycles. The summed E-state index contributed by atoms with van der Waals surface area (Å²) in [7, 11) is 2.14. The van der Waals surface area contributed by atoms with E-state index in [4.69, 9.17) is 0 Å². The second-order valence-electron chi connectivity index (χ2n) is 6.54. The van der Waals surface area contributed by atoms with Gasteiger partial charge in [-0.25, -0.2) is 8.78 Å². The zero-order valence-electron chi connectivity index (χ0n) is 11.7. The third-order valence-electron chi connectivity index (χ3n) is 5.62. The van der Waals surface area contributed by atoms with Gasteiger partial charge in [-0.15, -0.1) is 0 Å². The van der Waals surface area contributed by atoms with E-state index >= 15 is 0 Å². The van der Waals surface area contributed by atoms with Crippen LogP contribution >= 0.6 is 0 Å². The highest BCUT2D eigenvalue weighted by atomic mass is 19.2. The number of rotatable bonds is 1. The molecule has 4 heterocycles. The average Bonchev–Trinajstić information content (AvgIpc) is 2.83. The zero-order valence-corrected chi connectivity index (χ0v) is 11.7. The predicted molar refractivity (Wildman–Crippen MR) is 73.6 cm³/mol. The van der Waals surface area contributed by atoms with E-state index in [0.717, 1.165) is 25.6 Å². The number of likely N-dealkylation sites (N-methyl/N-ethyl adjacent to an activating group) is 1. The molecule has 4 aliphatic rings. The number of hydrogen-bond donors (Lipinski definition) is 0. The van der Waals surface area contributed by atoms with Gasteiger partial charge in [-0.2, -0.15) is 0 Å². The van der Waals surface area contributed by atoms with Crippen LogP contribution in [0.25, 0.3) is 0 Å². The van der Waals surface area contributed by atoms with E-state index in [1.54, 1.807) is 12.1 Å². The molecule has 108 valence electrons. The average molecular weight is 278 g/mol. The van der Waals surface area contributed by atoms with Crippen molar-refractivity contribution in [3.8, 4) is 0 Å². The summed E-state index contributed by atoms with van der Waals surface area (Å²) in [6.07, 6.45) is 2.51. The van der Waals surface area contributed by atoms with Gasteiger partial charge in [0.2, 0.25) is 0 Å². The van der Waals surface area contributed by atoms with Crippen molar-refractivity contribution in [3.63, 3.8) is 0 Å². The van der Waals surface area contributed by atoms with Crippen LogP contribution < -0.4 is 0 Å². The molecule has 2 bridgehead atoms. The van der Waals surface area contributed by atoms with Gasteiger partial charge in [0.1, 0.15) is 0 Å². The molecule has 0 radical (unpaired) electrons. The largest absolute Gasteiger partial charge is 0.301 e. The van der Waals surface area contributed by atoms with Crippen LogP contribution in [0, 0.1) is 17.6 Å². The molecule has 4 heteroatoms. The van der Waals surface area contributed by atoms with Gasteiger partial charge in [0, 0.05) is 24.5 Å². The van der Waals surface area contributed by atoms with Crippen molar-refractivity contribution >= 4 is 0 Å². The zero-order chi connectivity index (χ0) is 13.9. The summed E-state index contributed by atoms with van der Waals surface area (Å²) in [5, 5.41) is 0. The molecule has 0 amide bonds. The van der Waals surface area contributed by atoms with Crippen molar-refractivity contribution in [3.05, 3.63) is 35.4 Å². The van der Waals surface area contributed by atoms with Gasteiger partial charge in [-0.1, -0.05) is 12.1 Å². The van der Waals surface area contributed by atoms with Crippen LogP contribution in [0.1, 0.15) is 24.3 Å². The van der Waals surface area contributed by atoms with Gasteiger partial charge in [0.05, 0.1) is 0 Å². The monoisotopic (exact) mass is 278 g/mol. The molecule has 0 N–H and O–H groups in total. The number of piperidine rings is 3. The Morgan fingerprint density at radius 2 is 1.85 bits per heavy atom. The summed E-state index contributed by atoms with van der Waals surface area (Å²) in [5.74, 6) is -0.529. The van der Waals surface area contributed by atoms with Gasteiger partial charge in [0.25, 0.3) is 0 Å². The van der Waals surface area contributed by atoms with Crippen LogP contribution in [0.15, 0.2) is 18.2 Å². The van der Waals surface area contributed by atoms with E-state index in [-0.39, 0.29) is 5.92 Å². The Kier molecular flexibility index (Phi) is 2.86. The standard InChI is InChI=1S/C16H20F2N2/c1-19-9-12(11-3-2-4-13(17)14(11)18)16-15(19)10-5-7-20(16)8-6-10/h2-4,10,12,15-16H,5-9H2,1H3/t12-,15+,16+/m0/s1. The maximum atomic E-state index is 14.2. The minimum absolute atomic E-state index is 0.101. The number of hydrogen-bond acceptors (Lipinski definition) is 2. The summed E-state index contributed by atoms with van der Waals surface area (Å²) in [4.78, 5) is 4.87. The Balaban J connectivity index is 1.74. The number of benzene rings is 1. The number of fused-ring (bicyclic) bond motifs is 2. The lowest BCUT2D eigenvalue weighted by atomic mass is 9.75. The van der Waals surface area contributed by atoms with Crippen LogP contribution in [0.2, 0.25) is 0 Å². The predicted octanol–water partition coefficient (Wildman–Crippen LogP) is 2.46. The Labute approximate surface area is 118 Å². The molecule has 0 aliphatic carbocycles. The van der Waals surface area contributed by atoms with Crippen LogP contribution in [0.5, 0.6) is 0 Å². The highest BCUT2D eigenvalue weighted by Gasteiger charge is 2.52. The normalized spacial score (nSPS) is 40.0. The van der Waals surface area contributed by atoms with Crippen LogP contribution in [0.4, 0.5) is 8.78 Å². The molecular weight excluding hydrogens is 258 g/mol. The minimum atomic E-state index is -0.718. The summed E-state index contributed by atoms with van der Waals surface area (Å²) >= 11 is 0. The second-order valence-corrected chi connectivity index (χ2v) is 6.54. The first-order chi connectivity index (χ1) is 9.66. The number of nitrogens with zero attached hydrogens (tertiary/aromatic N) is 2. The molecule has 4 aliphatic heterocycles. The molecule has 0 aromatic heterocycles. The molecule has 20 heavy (non-hydrogen) atoms. The highest BCUT2D eigenvalue weighted by Crippen LogP contribution is 2.46. The summed E-state index contributed by atoms with van der Waals surface area (Å²) in [5.41, 5.74) is 0.567. The fraction of sp³-hybridized carbons (Fsp3) is 0.625. The minimum Gasteiger partial charge on any atom is -0.301 e. The lowest BCUT2D eigenvalue weighted by Crippen LogP contribution is -2.59. The maximum Gasteiger partial charge on any atom is 0.162 e. The molecule has 3 atom stereocenters. The SMILES string of the molecule is CN1C[C@@H](c2cccc(F)c2F)[C@@H]2[C@H]1C1CCN2CC1. The third-order valence-corrected chi connectivity index (χ3v) is 5.62. The van der Waals surface area contributed by atoms with Crippen molar-refractivity contribution in [2.24, 2.45) is 5.92 Å². The molecule has 4 saturated heterocycles. The Hall–Kier alpha value is -1.00. The Bertz CT molecular complexity index is 525. The summed E-state index contributed by atoms with van der Waals surface area (Å²) in [6, 6.07) is 5.50. The fourth-order valence-corrected chi connectivity index (χ4v) is 4.80. The first kappa shape index (κ1) is 12.7. The number of likely N-dealkylation sites (tertiary alicyclic amines) is 1. The Morgan fingerprint density at radius 1 is 1.10 bits per heavy atom. The maximum absolute atomic E-state index is 14.2. The smallest absolute Gasteiger partial charge is 0.162 e. The van der Waals surface area contributed by atoms with Crippen molar-refractivity contribution in [2.75, 3.05) is 26.7 Å².